The number of aliphatic carboxylic acids is 2. The molecular formula is C42H48F3N5O8. The quantitative estimate of drug-likeness (QED) is 0.0466. The van der Waals surface area contributed by atoms with Crippen LogP contribution in [0.4, 0.5) is 23.8 Å². The van der Waals surface area contributed by atoms with Gasteiger partial charge in [-0.1, -0.05) is 97.4 Å². The summed E-state index contributed by atoms with van der Waals surface area (Å²) in [6.07, 6.45) is -0.276. The minimum Gasteiger partial charge on any atom is -0.481 e. The SMILES string of the molecule is O=C(O)C(F)(F)F.O=C(O)CC(NC(=O)[C@H](CCCCNC(=O)OCc1ccccc1)NC(=O)CCCCCNc1ccccn1)c1ccc(-c2ccccc2)cc1. The molecule has 4 rings (SSSR count). The molecule has 4 aromatic rings. The fraction of sp³-hybridized carbons (Fsp3) is 0.333. The number of nitrogens with zero attached hydrogens (tertiary/aromatic N) is 1. The van der Waals surface area contributed by atoms with Gasteiger partial charge in [0.15, 0.2) is 0 Å². The van der Waals surface area contributed by atoms with E-state index in [1.165, 1.54) is 0 Å². The lowest BCUT2D eigenvalue weighted by Gasteiger charge is -2.23. The van der Waals surface area contributed by atoms with Gasteiger partial charge in [0.1, 0.15) is 18.5 Å². The van der Waals surface area contributed by atoms with Crippen molar-refractivity contribution in [2.45, 2.75) is 76.2 Å². The first-order chi connectivity index (χ1) is 27.8. The Hall–Kier alpha value is -6.45. The minimum atomic E-state index is -5.08. The summed E-state index contributed by atoms with van der Waals surface area (Å²) in [5, 5.41) is 28.5. The van der Waals surface area contributed by atoms with Crippen molar-refractivity contribution in [1.82, 2.24) is 20.9 Å². The zero-order chi connectivity index (χ0) is 42.2. The Morgan fingerprint density at radius 3 is 1.95 bits per heavy atom. The molecule has 0 radical (unpaired) electrons. The van der Waals surface area contributed by atoms with Crippen LogP contribution in [0.1, 0.15) is 68.5 Å². The fourth-order valence-corrected chi connectivity index (χ4v) is 5.48. The van der Waals surface area contributed by atoms with Crippen LogP contribution in [-0.2, 0) is 30.5 Å². The highest BCUT2D eigenvalue weighted by molar-refractivity contribution is 5.88. The Bertz CT molecular complexity index is 1850. The minimum absolute atomic E-state index is 0.161. The van der Waals surface area contributed by atoms with Crippen LogP contribution in [0.15, 0.2) is 109 Å². The summed E-state index contributed by atoms with van der Waals surface area (Å²) in [6, 6.07) is 30.6. The maximum Gasteiger partial charge on any atom is 0.490 e. The molecule has 0 aliphatic rings. The van der Waals surface area contributed by atoms with Gasteiger partial charge in [-0.05, 0) is 66.5 Å². The Kier molecular flexibility index (Phi) is 19.7. The molecule has 0 saturated heterocycles. The van der Waals surface area contributed by atoms with Gasteiger partial charge < -0.3 is 36.2 Å². The fourth-order valence-electron chi connectivity index (χ4n) is 5.48. The average molecular weight is 808 g/mol. The van der Waals surface area contributed by atoms with Gasteiger partial charge in [0.05, 0.1) is 12.5 Å². The van der Waals surface area contributed by atoms with Gasteiger partial charge in [0.2, 0.25) is 11.8 Å². The molecule has 310 valence electrons. The van der Waals surface area contributed by atoms with Crippen molar-refractivity contribution < 1.29 is 52.1 Å². The first kappa shape index (κ1) is 45.9. The number of nitrogens with one attached hydrogen (secondary N) is 4. The number of aromatic nitrogens is 1. The predicted molar refractivity (Wildman–Crippen MR) is 210 cm³/mol. The smallest absolute Gasteiger partial charge is 0.481 e. The number of ether oxygens (including phenoxy) is 1. The molecule has 0 spiro atoms. The number of unbranched alkanes of at least 4 members (excludes halogenated alkanes) is 3. The van der Waals surface area contributed by atoms with E-state index in [9.17, 15) is 37.5 Å². The number of carboxylic acid groups (broad SMARTS) is 2. The molecule has 3 amide bonds. The van der Waals surface area contributed by atoms with E-state index in [1.807, 2.05) is 103 Å². The maximum atomic E-state index is 13.7. The summed E-state index contributed by atoms with van der Waals surface area (Å²) < 4.78 is 37.0. The number of carbonyl (C=O) groups is 5. The molecule has 1 aromatic heterocycles. The molecule has 0 aliphatic heterocycles. The third-order valence-corrected chi connectivity index (χ3v) is 8.46. The second-order valence-corrected chi connectivity index (χ2v) is 13.0. The van der Waals surface area contributed by atoms with E-state index in [1.54, 1.807) is 6.20 Å². The Morgan fingerprint density at radius 1 is 0.707 bits per heavy atom. The third kappa shape index (κ3) is 18.5. The first-order valence-electron chi connectivity index (χ1n) is 18.7. The zero-order valence-electron chi connectivity index (χ0n) is 31.8. The van der Waals surface area contributed by atoms with Gasteiger partial charge in [0, 0.05) is 25.7 Å². The Labute approximate surface area is 334 Å². The van der Waals surface area contributed by atoms with Gasteiger partial charge in [0.25, 0.3) is 0 Å². The summed E-state index contributed by atoms with van der Waals surface area (Å²) in [5.41, 5.74) is 3.52. The van der Waals surface area contributed by atoms with Crippen LogP contribution < -0.4 is 21.3 Å². The molecule has 58 heavy (non-hydrogen) atoms. The largest absolute Gasteiger partial charge is 0.490 e. The van der Waals surface area contributed by atoms with Crippen LogP contribution in [0, 0.1) is 0 Å². The summed E-state index contributed by atoms with van der Waals surface area (Å²) in [5.74, 6) is -3.73. The van der Waals surface area contributed by atoms with E-state index >= 15 is 0 Å². The molecular weight excluding hydrogens is 759 g/mol. The number of alkyl carbamates (subject to hydrolysis) is 1. The van der Waals surface area contributed by atoms with Gasteiger partial charge in [-0.2, -0.15) is 13.2 Å². The number of anilines is 1. The van der Waals surface area contributed by atoms with Crippen LogP contribution in [0.5, 0.6) is 0 Å². The van der Waals surface area contributed by atoms with Gasteiger partial charge >= 0.3 is 24.2 Å². The number of pyridine rings is 1. The third-order valence-electron chi connectivity index (χ3n) is 8.46. The molecule has 0 bridgehead atoms. The predicted octanol–water partition coefficient (Wildman–Crippen LogP) is 7.27. The lowest BCUT2D eigenvalue weighted by atomic mass is 9.98. The summed E-state index contributed by atoms with van der Waals surface area (Å²) >= 11 is 0. The van der Waals surface area contributed by atoms with Gasteiger partial charge in [-0.3, -0.25) is 14.4 Å². The molecule has 0 saturated carbocycles. The molecule has 0 aliphatic carbocycles. The number of amides is 3. The monoisotopic (exact) mass is 807 g/mol. The van der Waals surface area contributed by atoms with Crippen molar-refractivity contribution in [3.8, 4) is 11.1 Å². The lowest BCUT2D eigenvalue weighted by molar-refractivity contribution is -0.192. The lowest BCUT2D eigenvalue weighted by Crippen LogP contribution is -2.48. The molecule has 3 aromatic carbocycles. The number of alkyl halides is 3. The number of carbonyl (C=O) groups excluding carboxylic acids is 3. The van der Waals surface area contributed by atoms with Crippen LogP contribution in [0.25, 0.3) is 11.1 Å². The Balaban J connectivity index is 0.00000117. The van der Waals surface area contributed by atoms with Crippen molar-refractivity contribution in [3.05, 3.63) is 120 Å². The molecule has 13 nitrogen and oxygen atoms in total. The molecule has 2 atom stereocenters. The number of hydrogen-bond donors (Lipinski definition) is 6. The molecule has 1 heterocycles. The highest BCUT2D eigenvalue weighted by Gasteiger charge is 2.38. The highest BCUT2D eigenvalue weighted by Crippen LogP contribution is 2.24. The molecule has 1 unspecified atom stereocenters. The van der Waals surface area contributed by atoms with E-state index < -0.39 is 42.2 Å². The number of rotatable bonds is 21. The van der Waals surface area contributed by atoms with Gasteiger partial charge in [-0.15, -0.1) is 0 Å². The van der Waals surface area contributed by atoms with E-state index in [0.717, 1.165) is 41.9 Å². The molecule has 6 N–H and O–H groups in total. The van der Waals surface area contributed by atoms with Crippen molar-refractivity contribution in [1.29, 1.82) is 0 Å². The second kappa shape index (κ2) is 24.9. The first-order valence-corrected chi connectivity index (χ1v) is 18.7. The van der Waals surface area contributed by atoms with E-state index in [4.69, 9.17) is 14.6 Å². The van der Waals surface area contributed by atoms with Crippen molar-refractivity contribution >= 4 is 35.7 Å². The number of hydrogen-bond acceptors (Lipinski definition) is 8. The maximum absolute atomic E-state index is 13.7. The number of carboxylic acids is 2. The van der Waals surface area contributed by atoms with E-state index in [2.05, 4.69) is 26.3 Å². The average Bonchev–Trinajstić information content (AvgIpc) is 3.21. The van der Waals surface area contributed by atoms with E-state index in [-0.39, 0.29) is 25.4 Å². The topological polar surface area (TPSA) is 196 Å². The van der Waals surface area contributed by atoms with E-state index in [0.29, 0.717) is 37.8 Å². The van der Waals surface area contributed by atoms with Crippen molar-refractivity contribution in [2.24, 2.45) is 0 Å². The summed E-state index contributed by atoms with van der Waals surface area (Å²) in [7, 11) is 0. The standard InChI is InChI=1S/C40H47N5O6.C2HF3O2/c46-37(20-8-3-11-25-41-36-19-10-13-26-42-36)44-34(18-9-12-27-43-40(50)51-29-30-14-4-1-5-15-30)39(49)45-35(28-38(47)48)33-23-21-32(22-24-33)31-16-6-2-7-17-31;3-2(4,5)1(6)7/h1-2,4-7,10,13-17,19,21-24,26,34-35H,3,8-9,11-12,18,20,25,27-29H2,(H,41,42)(H,43,50)(H,44,46)(H,45,49)(H,47,48);(H,6,7)/t34-,35?;/m0./s1. The Morgan fingerprint density at radius 2 is 1.33 bits per heavy atom. The van der Waals surface area contributed by atoms with Crippen LogP contribution in [0.2, 0.25) is 0 Å². The van der Waals surface area contributed by atoms with Crippen LogP contribution in [-0.4, -0.2) is 70.4 Å². The van der Waals surface area contributed by atoms with Crippen molar-refractivity contribution in [2.75, 3.05) is 18.4 Å². The molecule has 16 heteroatoms. The van der Waals surface area contributed by atoms with Crippen LogP contribution in [0.3, 0.4) is 0 Å². The number of benzene rings is 3. The van der Waals surface area contributed by atoms with Crippen molar-refractivity contribution in [3.63, 3.8) is 0 Å². The van der Waals surface area contributed by atoms with Crippen LogP contribution >= 0.6 is 0 Å². The summed E-state index contributed by atoms with van der Waals surface area (Å²) in [4.78, 5) is 63.8. The normalized spacial score (nSPS) is 11.8. The molecule has 0 fully saturated rings. The summed E-state index contributed by atoms with van der Waals surface area (Å²) in [6.45, 7) is 1.22. The van der Waals surface area contributed by atoms with Gasteiger partial charge in [-0.25, -0.2) is 14.6 Å². The second-order valence-electron chi connectivity index (χ2n) is 13.0. The number of halogens is 3. The highest BCUT2D eigenvalue weighted by atomic mass is 19.4. The zero-order valence-corrected chi connectivity index (χ0v) is 31.8.